The van der Waals surface area contributed by atoms with Crippen molar-refractivity contribution in [2.75, 3.05) is 38.1 Å². The summed E-state index contributed by atoms with van der Waals surface area (Å²) in [5, 5.41) is 7.64. The third kappa shape index (κ3) is 5.59. The van der Waals surface area contributed by atoms with E-state index < -0.39 is 0 Å². The Hall–Kier alpha value is -1.84. The molecule has 0 amide bonds. The van der Waals surface area contributed by atoms with E-state index in [4.69, 9.17) is 4.52 Å². The minimum Gasteiger partial charge on any atom is -0.359 e. The van der Waals surface area contributed by atoms with E-state index in [1.165, 1.54) is 0 Å². The monoisotopic (exact) mass is 498 g/mol. The molecule has 1 saturated heterocycles. The fourth-order valence-electron chi connectivity index (χ4n) is 3.50. The molecular formula is C20H31IN6O. The Kier molecular flexibility index (Phi) is 9.01. The minimum absolute atomic E-state index is 0. The number of halogens is 1. The van der Waals surface area contributed by atoms with Gasteiger partial charge >= 0.3 is 0 Å². The standard InChI is InChI=1S/C20H30N6O.HI/c1-4-16(5-2)18-14-17(27-24-18)15-23-20(21-3)26-12-10-25(11-13-26)19-8-6-7-9-22-19;/h6-9,14,16H,4-5,10-13,15H2,1-3H3,(H,21,23);1H. The third-order valence-corrected chi connectivity index (χ3v) is 5.17. The van der Waals surface area contributed by atoms with Crippen LogP contribution in [0.2, 0.25) is 0 Å². The topological polar surface area (TPSA) is 69.8 Å². The van der Waals surface area contributed by atoms with Crippen LogP contribution in [0.25, 0.3) is 0 Å². The van der Waals surface area contributed by atoms with Crippen LogP contribution in [0.4, 0.5) is 5.82 Å². The molecule has 1 aliphatic heterocycles. The van der Waals surface area contributed by atoms with Gasteiger partial charge in [0, 0.05) is 51.4 Å². The quantitative estimate of drug-likeness (QED) is 0.374. The lowest BCUT2D eigenvalue weighted by Crippen LogP contribution is -2.52. The van der Waals surface area contributed by atoms with Crippen molar-refractivity contribution in [2.24, 2.45) is 4.99 Å². The van der Waals surface area contributed by atoms with Crippen LogP contribution in [-0.4, -0.2) is 54.2 Å². The summed E-state index contributed by atoms with van der Waals surface area (Å²) in [6.45, 7) is 8.65. The van der Waals surface area contributed by atoms with Gasteiger partial charge in [-0.1, -0.05) is 25.1 Å². The van der Waals surface area contributed by atoms with Crippen LogP contribution >= 0.6 is 24.0 Å². The summed E-state index contributed by atoms with van der Waals surface area (Å²) < 4.78 is 5.50. The summed E-state index contributed by atoms with van der Waals surface area (Å²) in [5.74, 6) is 3.26. The molecule has 1 aliphatic rings. The lowest BCUT2D eigenvalue weighted by atomic mass is 9.99. The number of nitrogens with one attached hydrogen (secondary N) is 1. The average Bonchev–Trinajstić information content (AvgIpc) is 3.19. The molecule has 0 saturated carbocycles. The first-order valence-corrected chi connectivity index (χ1v) is 9.82. The van der Waals surface area contributed by atoms with Crippen molar-refractivity contribution in [3.05, 3.63) is 41.9 Å². The van der Waals surface area contributed by atoms with Gasteiger partial charge < -0.3 is 19.6 Å². The molecule has 0 spiro atoms. The van der Waals surface area contributed by atoms with Crippen molar-refractivity contribution in [1.82, 2.24) is 20.4 Å². The van der Waals surface area contributed by atoms with E-state index in [1.807, 2.05) is 25.4 Å². The zero-order valence-corrected chi connectivity index (χ0v) is 19.3. The average molecular weight is 498 g/mol. The molecule has 0 aromatic carbocycles. The molecule has 154 valence electrons. The molecule has 2 aromatic heterocycles. The fourth-order valence-corrected chi connectivity index (χ4v) is 3.50. The van der Waals surface area contributed by atoms with Gasteiger partial charge in [-0.15, -0.1) is 24.0 Å². The minimum atomic E-state index is 0. The molecule has 0 unspecified atom stereocenters. The molecule has 0 atom stereocenters. The highest BCUT2D eigenvalue weighted by atomic mass is 127. The van der Waals surface area contributed by atoms with Gasteiger partial charge in [0.25, 0.3) is 0 Å². The largest absolute Gasteiger partial charge is 0.359 e. The summed E-state index contributed by atoms with van der Waals surface area (Å²) >= 11 is 0. The number of pyridine rings is 1. The van der Waals surface area contributed by atoms with E-state index in [9.17, 15) is 0 Å². The molecular weight excluding hydrogens is 467 g/mol. The summed E-state index contributed by atoms with van der Waals surface area (Å²) in [6.07, 6.45) is 4.01. The van der Waals surface area contributed by atoms with E-state index in [0.29, 0.717) is 12.5 Å². The summed E-state index contributed by atoms with van der Waals surface area (Å²) in [7, 11) is 1.82. The van der Waals surface area contributed by atoms with Crippen LogP contribution < -0.4 is 10.2 Å². The summed E-state index contributed by atoms with van der Waals surface area (Å²) in [5.41, 5.74) is 1.05. The second-order valence-corrected chi connectivity index (χ2v) is 6.79. The van der Waals surface area contributed by atoms with Crippen molar-refractivity contribution in [1.29, 1.82) is 0 Å². The lowest BCUT2D eigenvalue weighted by Gasteiger charge is -2.37. The Labute approximate surface area is 184 Å². The van der Waals surface area contributed by atoms with E-state index in [1.54, 1.807) is 0 Å². The molecule has 7 nitrogen and oxygen atoms in total. The number of hydrogen-bond donors (Lipinski definition) is 1. The van der Waals surface area contributed by atoms with Crippen molar-refractivity contribution in [2.45, 2.75) is 39.2 Å². The Morgan fingerprint density at radius 2 is 1.96 bits per heavy atom. The van der Waals surface area contributed by atoms with Gasteiger partial charge in [0.2, 0.25) is 0 Å². The van der Waals surface area contributed by atoms with Gasteiger partial charge in [0.15, 0.2) is 11.7 Å². The van der Waals surface area contributed by atoms with Gasteiger partial charge in [-0.05, 0) is 25.0 Å². The molecule has 3 rings (SSSR count). The second-order valence-electron chi connectivity index (χ2n) is 6.79. The predicted octanol–water partition coefficient (Wildman–Crippen LogP) is 3.49. The fraction of sp³-hybridized carbons (Fsp3) is 0.550. The Bertz CT molecular complexity index is 723. The number of hydrogen-bond acceptors (Lipinski definition) is 5. The highest BCUT2D eigenvalue weighted by Gasteiger charge is 2.21. The first kappa shape index (κ1) is 22.4. The maximum Gasteiger partial charge on any atom is 0.194 e. The number of anilines is 1. The van der Waals surface area contributed by atoms with Crippen LogP contribution in [0, 0.1) is 0 Å². The molecule has 2 aromatic rings. The number of guanidine groups is 1. The van der Waals surface area contributed by atoms with Crippen molar-refractivity contribution < 1.29 is 4.52 Å². The molecule has 1 fully saturated rings. The highest BCUT2D eigenvalue weighted by Crippen LogP contribution is 2.22. The van der Waals surface area contributed by atoms with E-state index in [2.05, 4.69) is 56.2 Å². The molecule has 0 aliphatic carbocycles. The van der Waals surface area contributed by atoms with E-state index in [-0.39, 0.29) is 24.0 Å². The zero-order chi connectivity index (χ0) is 19.1. The number of aromatic nitrogens is 2. The molecule has 1 N–H and O–H groups in total. The first-order valence-electron chi connectivity index (χ1n) is 9.82. The maximum absolute atomic E-state index is 5.50. The van der Waals surface area contributed by atoms with Crippen LogP contribution in [0.15, 0.2) is 40.0 Å². The summed E-state index contributed by atoms with van der Waals surface area (Å²) in [4.78, 5) is 13.5. The van der Waals surface area contributed by atoms with Gasteiger partial charge in [-0.3, -0.25) is 4.99 Å². The number of rotatable bonds is 6. The van der Waals surface area contributed by atoms with Crippen molar-refractivity contribution in [3.8, 4) is 0 Å². The number of piperazine rings is 1. The number of nitrogens with zero attached hydrogens (tertiary/aromatic N) is 5. The van der Waals surface area contributed by atoms with E-state index >= 15 is 0 Å². The lowest BCUT2D eigenvalue weighted by molar-refractivity contribution is 0.353. The van der Waals surface area contributed by atoms with Crippen LogP contribution in [-0.2, 0) is 6.54 Å². The SMILES string of the molecule is CCC(CC)c1cc(CNC(=NC)N2CCN(c3ccccn3)CC2)on1.I. The zero-order valence-electron chi connectivity index (χ0n) is 17.0. The molecule has 28 heavy (non-hydrogen) atoms. The van der Waals surface area contributed by atoms with Gasteiger partial charge in [-0.25, -0.2) is 4.98 Å². The van der Waals surface area contributed by atoms with Crippen molar-refractivity contribution in [3.63, 3.8) is 0 Å². The number of aliphatic imine (C=N–C) groups is 1. The highest BCUT2D eigenvalue weighted by molar-refractivity contribution is 14.0. The van der Waals surface area contributed by atoms with Gasteiger partial charge in [0.1, 0.15) is 5.82 Å². The third-order valence-electron chi connectivity index (χ3n) is 5.17. The van der Waals surface area contributed by atoms with Crippen LogP contribution in [0.1, 0.15) is 44.1 Å². The molecule has 0 bridgehead atoms. The Balaban J connectivity index is 0.00000280. The van der Waals surface area contributed by atoms with E-state index in [0.717, 1.165) is 62.3 Å². The smallest absolute Gasteiger partial charge is 0.194 e. The second kappa shape index (κ2) is 11.2. The molecule has 8 heteroatoms. The van der Waals surface area contributed by atoms with Gasteiger partial charge in [-0.2, -0.15) is 0 Å². The Morgan fingerprint density at radius 1 is 1.21 bits per heavy atom. The molecule has 3 heterocycles. The van der Waals surface area contributed by atoms with Gasteiger partial charge in [0.05, 0.1) is 12.2 Å². The molecule has 0 radical (unpaired) electrons. The Morgan fingerprint density at radius 3 is 2.57 bits per heavy atom. The first-order chi connectivity index (χ1) is 13.2. The summed E-state index contributed by atoms with van der Waals surface area (Å²) in [6, 6.07) is 8.10. The maximum atomic E-state index is 5.50. The van der Waals surface area contributed by atoms with Crippen LogP contribution in [0.3, 0.4) is 0 Å². The predicted molar refractivity (Wildman–Crippen MR) is 123 cm³/mol. The van der Waals surface area contributed by atoms with Crippen molar-refractivity contribution >= 4 is 35.8 Å². The van der Waals surface area contributed by atoms with Crippen LogP contribution in [0.5, 0.6) is 0 Å². The normalized spacial score (nSPS) is 14.9.